The fourth-order valence-electron chi connectivity index (χ4n) is 4.63. The Morgan fingerprint density at radius 1 is 0.590 bits per heavy atom. The first-order chi connectivity index (χ1) is 19.3. The SMILES string of the molecule is CCCCCCCCCCCCSc1nc(NCc2ccco2)nc(SCCCCCCCCCCCC)n1. The molecule has 39 heavy (non-hydrogen) atoms. The Morgan fingerprint density at radius 3 is 1.44 bits per heavy atom. The summed E-state index contributed by atoms with van der Waals surface area (Å²) in [5, 5.41) is 5.01. The third-order valence-corrected chi connectivity index (χ3v) is 8.92. The molecule has 7 heteroatoms. The topological polar surface area (TPSA) is 63.8 Å². The van der Waals surface area contributed by atoms with E-state index in [2.05, 4.69) is 19.2 Å². The Morgan fingerprint density at radius 2 is 1.03 bits per heavy atom. The van der Waals surface area contributed by atoms with E-state index in [4.69, 9.17) is 19.4 Å². The van der Waals surface area contributed by atoms with E-state index in [-0.39, 0.29) is 0 Å². The second-order valence-corrected chi connectivity index (χ2v) is 12.8. The minimum Gasteiger partial charge on any atom is -0.467 e. The molecule has 0 aliphatic heterocycles. The maximum absolute atomic E-state index is 5.46. The maximum Gasteiger partial charge on any atom is 0.228 e. The molecule has 0 fully saturated rings. The van der Waals surface area contributed by atoms with Gasteiger partial charge in [-0.3, -0.25) is 0 Å². The Bertz CT molecular complexity index is 759. The van der Waals surface area contributed by atoms with Gasteiger partial charge in [-0.15, -0.1) is 0 Å². The molecule has 0 radical (unpaired) electrons. The summed E-state index contributed by atoms with van der Waals surface area (Å²) in [5.74, 6) is 3.67. The minimum absolute atomic E-state index is 0.585. The summed E-state index contributed by atoms with van der Waals surface area (Å²) < 4.78 is 5.46. The fraction of sp³-hybridized carbons (Fsp3) is 0.781. The molecule has 0 saturated heterocycles. The van der Waals surface area contributed by atoms with Crippen molar-refractivity contribution in [1.82, 2.24) is 15.0 Å². The van der Waals surface area contributed by atoms with Gasteiger partial charge in [0.05, 0.1) is 12.8 Å². The molecule has 2 aromatic heterocycles. The van der Waals surface area contributed by atoms with Crippen molar-refractivity contribution in [2.24, 2.45) is 0 Å². The van der Waals surface area contributed by atoms with E-state index in [1.165, 1.54) is 128 Å². The monoisotopic (exact) mass is 576 g/mol. The number of hydrogen-bond acceptors (Lipinski definition) is 7. The first-order valence-corrected chi connectivity index (χ1v) is 18.1. The van der Waals surface area contributed by atoms with Gasteiger partial charge in [0.15, 0.2) is 10.3 Å². The van der Waals surface area contributed by atoms with Crippen molar-refractivity contribution in [3.63, 3.8) is 0 Å². The Labute approximate surface area is 248 Å². The van der Waals surface area contributed by atoms with E-state index in [9.17, 15) is 0 Å². The summed E-state index contributed by atoms with van der Waals surface area (Å²) in [4.78, 5) is 14.2. The molecular weight excluding hydrogens is 521 g/mol. The Balaban J connectivity index is 1.66. The van der Waals surface area contributed by atoms with Gasteiger partial charge in [0.25, 0.3) is 0 Å². The predicted octanol–water partition coefficient (Wildman–Crippen LogP) is 11.1. The highest BCUT2D eigenvalue weighted by molar-refractivity contribution is 7.99. The highest BCUT2D eigenvalue weighted by Crippen LogP contribution is 2.23. The largest absolute Gasteiger partial charge is 0.467 e. The van der Waals surface area contributed by atoms with Gasteiger partial charge in [-0.1, -0.05) is 153 Å². The first-order valence-electron chi connectivity index (χ1n) is 16.1. The van der Waals surface area contributed by atoms with E-state index >= 15 is 0 Å². The maximum atomic E-state index is 5.46. The zero-order valence-electron chi connectivity index (χ0n) is 25.1. The summed E-state index contributed by atoms with van der Waals surface area (Å²) in [5.41, 5.74) is 0. The van der Waals surface area contributed by atoms with Crippen molar-refractivity contribution < 1.29 is 4.42 Å². The molecule has 2 rings (SSSR count). The predicted molar refractivity (Wildman–Crippen MR) is 171 cm³/mol. The molecule has 1 N–H and O–H groups in total. The van der Waals surface area contributed by atoms with Gasteiger partial charge in [0.1, 0.15) is 5.76 Å². The summed E-state index contributed by atoms with van der Waals surface area (Å²) >= 11 is 3.54. The molecule has 0 saturated carbocycles. The van der Waals surface area contributed by atoms with Gasteiger partial charge in [0, 0.05) is 11.5 Å². The number of rotatable bonds is 27. The summed E-state index contributed by atoms with van der Waals surface area (Å²) in [6.07, 6.45) is 28.9. The van der Waals surface area contributed by atoms with Crippen LogP contribution in [-0.4, -0.2) is 26.5 Å². The lowest BCUT2D eigenvalue weighted by atomic mass is 10.1. The number of nitrogens with one attached hydrogen (secondary N) is 1. The summed E-state index contributed by atoms with van der Waals surface area (Å²) in [6.45, 7) is 5.15. The molecule has 2 heterocycles. The van der Waals surface area contributed by atoms with Crippen LogP contribution in [0.1, 0.15) is 148 Å². The second-order valence-electron chi connectivity index (χ2n) is 10.7. The number of hydrogen-bond donors (Lipinski definition) is 1. The molecular formula is C32H56N4OS2. The number of furan rings is 1. The van der Waals surface area contributed by atoms with Crippen LogP contribution in [0.5, 0.6) is 0 Å². The molecule has 0 aliphatic carbocycles. The molecule has 0 bridgehead atoms. The normalized spacial score (nSPS) is 11.3. The molecule has 222 valence electrons. The second kappa shape index (κ2) is 24.6. The first kappa shape index (κ1) is 34.0. The van der Waals surface area contributed by atoms with Gasteiger partial charge < -0.3 is 9.73 Å². The van der Waals surface area contributed by atoms with Crippen LogP contribution in [0.2, 0.25) is 0 Å². The molecule has 0 amide bonds. The van der Waals surface area contributed by atoms with Crippen molar-refractivity contribution >= 4 is 29.5 Å². The number of thioether (sulfide) groups is 2. The van der Waals surface area contributed by atoms with E-state index in [1.54, 1.807) is 29.8 Å². The minimum atomic E-state index is 0.585. The molecule has 2 aromatic rings. The standard InChI is InChI=1S/C32H56N4OS2/c1-3-5-7-9-11-13-15-17-19-21-26-38-31-34-30(33-28-29-24-23-25-37-29)35-32(36-31)39-27-22-20-18-16-14-12-10-8-6-4-2/h23-25H,3-22,26-28H2,1-2H3,(H,33,34,35,36). The average Bonchev–Trinajstić information content (AvgIpc) is 3.47. The highest BCUT2D eigenvalue weighted by atomic mass is 32.2. The van der Waals surface area contributed by atoms with Gasteiger partial charge >= 0.3 is 0 Å². The van der Waals surface area contributed by atoms with Crippen molar-refractivity contribution in [3.05, 3.63) is 24.2 Å². The zero-order valence-corrected chi connectivity index (χ0v) is 26.7. The Hall–Kier alpha value is -1.21. The quantitative estimate of drug-likeness (QED) is 0.0838. The number of aromatic nitrogens is 3. The van der Waals surface area contributed by atoms with Crippen LogP contribution in [0, 0.1) is 0 Å². The van der Waals surface area contributed by atoms with E-state index in [0.29, 0.717) is 12.5 Å². The van der Waals surface area contributed by atoms with Crippen molar-refractivity contribution in [2.75, 3.05) is 16.8 Å². The van der Waals surface area contributed by atoms with Crippen LogP contribution >= 0.6 is 23.5 Å². The van der Waals surface area contributed by atoms with Crippen LogP contribution in [0.3, 0.4) is 0 Å². The smallest absolute Gasteiger partial charge is 0.228 e. The van der Waals surface area contributed by atoms with Crippen molar-refractivity contribution in [1.29, 1.82) is 0 Å². The number of anilines is 1. The summed E-state index contributed by atoms with van der Waals surface area (Å²) in [6, 6.07) is 3.88. The van der Waals surface area contributed by atoms with Crippen LogP contribution in [0.25, 0.3) is 0 Å². The lowest BCUT2D eigenvalue weighted by Gasteiger charge is -2.08. The lowest BCUT2D eigenvalue weighted by molar-refractivity contribution is 0.517. The lowest BCUT2D eigenvalue weighted by Crippen LogP contribution is -2.06. The molecule has 5 nitrogen and oxygen atoms in total. The highest BCUT2D eigenvalue weighted by Gasteiger charge is 2.09. The van der Waals surface area contributed by atoms with Crippen LogP contribution < -0.4 is 5.32 Å². The van der Waals surface area contributed by atoms with Crippen molar-refractivity contribution in [2.45, 2.75) is 159 Å². The molecule has 0 spiro atoms. The van der Waals surface area contributed by atoms with Gasteiger partial charge in [-0.25, -0.2) is 0 Å². The zero-order chi connectivity index (χ0) is 27.6. The van der Waals surface area contributed by atoms with Crippen molar-refractivity contribution in [3.8, 4) is 0 Å². The summed E-state index contributed by atoms with van der Waals surface area (Å²) in [7, 11) is 0. The Kier molecular flexibility index (Phi) is 21.4. The third-order valence-electron chi connectivity index (χ3n) is 7.05. The van der Waals surface area contributed by atoms with E-state index in [0.717, 1.165) is 27.6 Å². The number of unbranched alkanes of at least 4 members (excludes halogenated alkanes) is 18. The van der Waals surface area contributed by atoms with Gasteiger partial charge in [-0.2, -0.15) is 15.0 Å². The van der Waals surface area contributed by atoms with E-state index < -0.39 is 0 Å². The van der Waals surface area contributed by atoms with Crippen LogP contribution in [0.4, 0.5) is 5.95 Å². The molecule has 0 unspecified atom stereocenters. The van der Waals surface area contributed by atoms with Gasteiger partial charge in [0.2, 0.25) is 5.95 Å². The fourth-order valence-corrected chi connectivity index (χ4v) is 6.36. The van der Waals surface area contributed by atoms with E-state index in [1.807, 2.05) is 12.1 Å². The number of nitrogens with zero attached hydrogens (tertiary/aromatic N) is 3. The molecule has 0 atom stereocenters. The third kappa shape index (κ3) is 18.7. The van der Waals surface area contributed by atoms with Crippen LogP contribution in [0.15, 0.2) is 33.1 Å². The van der Waals surface area contributed by atoms with Gasteiger partial charge in [-0.05, 0) is 25.0 Å². The molecule has 0 aromatic carbocycles. The molecule has 0 aliphatic rings. The average molecular weight is 577 g/mol. The van der Waals surface area contributed by atoms with Crippen LogP contribution in [-0.2, 0) is 6.54 Å².